The van der Waals surface area contributed by atoms with Crippen molar-refractivity contribution in [3.05, 3.63) is 12.2 Å². The van der Waals surface area contributed by atoms with Gasteiger partial charge < -0.3 is 5.73 Å². The predicted molar refractivity (Wildman–Crippen MR) is 38.2 cm³/mol. The minimum absolute atomic E-state index is 0. The Hall–Kier alpha value is -0.0100. The molecule has 0 aliphatic heterocycles. The number of nitrogens with two attached hydrogens (primary N) is 1. The fraction of sp³-hybridized carbons (Fsp3) is 0.667. The van der Waals surface area contributed by atoms with Gasteiger partial charge in [-0.05, 0) is 18.8 Å². The lowest BCUT2D eigenvalue weighted by molar-refractivity contribution is 1.10. The van der Waals surface area contributed by atoms with Gasteiger partial charge in [0.05, 0.1) is 0 Å². The van der Waals surface area contributed by atoms with Crippen LogP contribution >= 0.6 is 12.4 Å². The highest BCUT2D eigenvalue weighted by atomic mass is 35.5. The van der Waals surface area contributed by atoms with E-state index >= 15 is 0 Å². The lowest BCUT2D eigenvalue weighted by atomic mass is 10.4. The van der Waals surface area contributed by atoms with Crippen molar-refractivity contribution in [2.24, 2.45) is 11.7 Å². The molecule has 48 valence electrons. The molecule has 1 rings (SSSR count). The maximum Gasteiger partial charge on any atom is 0.0106 e. The molecule has 0 saturated heterocycles. The molecule has 0 bridgehead atoms. The first-order chi connectivity index (χ1) is 3.43. The number of hydrogen-bond acceptors (Lipinski definition) is 1. The molecule has 0 spiro atoms. The van der Waals surface area contributed by atoms with Crippen LogP contribution in [0, 0.1) is 5.92 Å². The third kappa shape index (κ3) is 3.05. The molecule has 0 amide bonds. The third-order valence-corrected chi connectivity index (χ3v) is 1.17. The Morgan fingerprint density at radius 3 is 2.50 bits per heavy atom. The summed E-state index contributed by atoms with van der Waals surface area (Å²) in [6.07, 6.45) is 7.02. The van der Waals surface area contributed by atoms with Crippen LogP contribution in [0.4, 0.5) is 0 Å². The molecule has 1 fully saturated rings. The number of hydrogen-bond donors (Lipinski definition) is 1. The highest BCUT2D eigenvalue weighted by Crippen LogP contribution is 2.29. The van der Waals surface area contributed by atoms with Crippen molar-refractivity contribution in [2.75, 3.05) is 6.54 Å². The minimum Gasteiger partial charge on any atom is -0.327 e. The van der Waals surface area contributed by atoms with Crippen LogP contribution in [0.25, 0.3) is 0 Å². The Kier molecular flexibility index (Phi) is 3.92. The normalized spacial score (nSPS) is 18.6. The average Bonchev–Trinajstić information content (AvgIpc) is 2.42. The third-order valence-electron chi connectivity index (χ3n) is 1.17. The zero-order chi connectivity index (χ0) is 5.11. The lowest BCUT2D eigenvalue weighted by Crippen LogP contribution is -1.91. The van der Waals surface area contributed by atoms with E-state index < -0.39 is 0 Å². The van der Waals surface area contributed by atoms with Gasteiger partial charge in [0.1, 0.15) is 0 Å². The molecule has 0 heterocycles. The molecular formula is C6H12ClN. The average molecular weight is 134 g/mol. The highest BCUT2D eigenvalue weighted by Gasteiger charge is 2.16. The Balaban J connectivity index is 0.000000490. The molecule has 0 unspecified atom stereocenters. The molecule has 8 heavy (non-hydrogen) atoms. The van der Waals surface area contributed by atoms with Gasteiger partial charge in [-0.2, -0.15) is 0 Å². The fourth-order valence-electron chi connectivity index (χ4n) is 0.560. The summed E-state index contributed by atoms with van der Waals surface area (Å²) in [5.41, 5.74) is 5.22. The van der Waals surface area contributed by atoms with Crippen LogP contribution in [-0.4, -0.2) is 6.54 Å². The Labute approximate surface area is 56.4 Å². The van der Waals surface area contributed by atoms with Gasteiger partial charge in [-0.3, -0.25) is 0 Å². The molecule has 1 aliphatic carbocycles. The second kappa shape index (κ2) is 3.93. The van der Waals surface area contributed by atoms with Gasteiger partial charge in [0, 0.05) is 6.54 Å². The van der Waals surface area contributed by atoms with Gasteiger partial charge in [-0.15, -0.1) is 12.4 Å². The van der Waals surface area contributed by atoms with Crippen LogP contribution in [0.1, 0.15) is 12.8 Å². The number of rotatable bonds is 2. The molecule has 1 aliphatic rings. The lowest BCUT2D eigenvalue weighted by Gasteiger charge is -1.76. The first kappa shape index (κ1) is 7.99. The van der Waals surface area contributed by atoms with Crippen LogP contribution in [-0.2, 0) is 0 Å². The molecule has 1 nitrogen and oxygen atoms in total. The monoisotopic (exact) mass is 133 g/mol. The van der Waals surface area contributed by atoms with Crippen molar-refractivity contribution in [2.45, 2.75) is 12.8 Å². The van der Waals surface area contributed by atoms with Gasteiger partial charge in [-0.1, -0.05) is 12.2 Å². The van der Waals surface area contributed by atoms with Gasteiger partial charge in [0.15, 0.2) is 0 Å². The van der Waals surface area contributed by atoms with Gasteiger partial charge in [0.2, 0.25) is 0 Å². The molecule has 0 atom stereocenters. The molecule has 1 saturated carbocycles. The Morgan fingerprint density at radius 2 is 2.12 bits per heavy atom. The van der Waals surface area contributed by atoms with Gasteiger partial charge >= 0.3 is 0 Å². The first-order valence-corrected chi connectivity index (χ1v) is 2.80. The molecular weight excluding hydrogens is 122 g/mol. The van der Waals surface area contributed by atoms with Crippen molar-refractivity contribution in [1.82, 2.24) is 0 Å². The summed E-state index contributed by atoms with van der Waals surface area (Å²) < 4.78 is 0. The van der Waals surface area contributed by atoms with Crippen molar-refractivity contribution in [1.29, 1.82) is 0 Å². The zero-order valence-electron chi connectivity index (χ0n) is 4.84. The molecule has 0 aromatic rings. The van der Waals surface area contributed by atoms with Gasteiger partial charge in [0.25, 0.3) is 0 Å². The van der Waals surface area contributed by atoms with Crippen LogP contribution < -0.4 is 5.73 Å². The summed E-state index contributed by atoms with van der Waals surface area (Å²) in [5, 5.41) is 0. The summed E-state index contributed by atoms with van der Waals surface area (Å²) >= 11 is 0. The van der Waals surface area contributed by atoms with E-state index in [0.29, 0.717) is 6.54 Å². The summed E-state index contributed by atoms with van der Waals surface area (Å²) in [7, 11) is 0. The summed E-state index contributed by atoms with van der Waals surface area (Å²) in [6.45, 7) is 0.705. The van der Waals surface area contributed by atoms with E-state index in [1.165, 1.54) is 12.8 Å². The maximum atomic E-state index is 5.22. The van der Waals surface area contributed by atoms with Crippen LogP contribution in [0.3, 0.4) is 0 Å². The first-order valence-electron chi connectivity index (χ1n) is 2.80. The molecule has 2 heteroatoms. The number of halogens is 1. The van der Waals surface area contributed by atoms with Crippen molar-refractivity contribution in [3.8, 4) is 0 Å². The summed E-state index contributed by atoms with van der Waals surface area (Å²) in [4.78, 5) is 0. The predicted octanol–water partition coefficient (Wildman–Crippen LogP) is 1.33. The standard InChI is InChI=1S/C6H11N.ClH/c7-5-1-2-6-3-4-6;/h1-2,6H,3-5,7H2;1H/b2-1+;. The fourth-order valence-corrected chi connectivity index (χ4v) is 0.560. The minimum atomic E-state index is 0. The molecule has 0 radical (unpaired) electrons. The topological polar surface area (TPSA) is 26.0 Å². The van der Waals surface area contributed by atoms with E-state index in [-0.39, 0.29) is 12.4 Å². The zero-order valence-corrected chi connectivity index (χ0v) is 5.66. The van der Waals surface area contributed by atoms with Crippen molar-refractivity contribution >= 4 is 12.4 Å². The molecule has 0 aromatic heterocycles. The molecule has 2 N–H and O–H groups in total. The second-order valence-corrected chi connectivity index (χ2v) is 2.00. The smallest absolute Gasteiger partial charge is 0.0106 e. The Bertz CT molecular complexity index is 76.6. The van der Waals surface area contributed by atoms with Crippen molar-refractivity contribution in [3.63, 3.8) is 0 Å². The van der Waals surface area contributed by atoms with E-state index in [1.54, 1.807) is 0 Å². The highest BCUT2D eigenvalue weighted by molar-refractivity contribution is 5.85. The van der Waals surface area contributed by atoms with Crippen LogP contribution in [0.2, 0.25) is 0 Å². The quantitative estimate of drug-likeness (QED) is 0.566. The summed E-state index contributed by atoms with van der Waals surface area (Å²) in [5.74, 6) is 0.892. The SMILES string of the molecule is Cl.NC/C=C/C1CC1. The Morgan fingerprint density at radius 1 is 1.50 bits per heavy atom. The van der Waals surface area contributed by atoms with Gasteiger partial charge in [-0.25, -0.2) is 0 Å². The van der Waals surface area contributed by atoms with Crippen molar-refractivity contribution < 1.29 is 0 Å². The van der Waals surface area contributed by atoms with Crippen LogP contribution in [0.5, 0.6) is 0 Å². The largest absolute Gasteiger partial charge is 0.327 e. The number of allylic oxidation sites excluding steroid dienone is 1. The van der Waals surface area contributed by atoms with E-state index in [2.05, 4.69) is 6.08 Å². The summed E-state index contributed by atoms with van der Waals surface area (Å²) in [6, 6.07) is 0. The van der Waals surface area contributed by atoms with E-state index in [0.717, 1.165) is 5.92 Å². The maximum absolute atomic E-state index is 5.22. The second-order valence-electron chi connectivity index (χ2n) is 2.00. The van der Waals surface area contributed by atoms with E-state index in [1.807, 2.05) is 6.08 Å². The van der Waals surface area contributed by atoms with E-state index in [9.17, 15) is 0 Å². The molecule has 0 aromatic carbocycles. The van der Waals surface area contributed by atoms with E-state index in [4.69, 9.17) is 5.73 Å². The van der Waals surface area contributed by atoms with Crippen LogP contribution in [0.15, 0.2) is 12.2 Å².